The van der Waals surface area contributed by atoms with E-state index in [0.29, 0.717) is 17.4 Å². The average molecular weight is 316 g/mol. The Labute approximate surface area is 134 Å². The largest absolute Gasteiger partial charge is 0.485 e. The zero-order valence-corrected chi connectivity index (χ0v) is 13.4. The number of benzene rings is 1. The predicted molar refractivity (Wildman–Crippen MR) is 85.8 cm³/mol. The van der Waals surface area contributed by atoms with Crippen LogP contribution in [0.3, 0.4) is 0 Å². The molecule has 1 aromatic carbocycles. The first-order valence-electron chi connectivity index (χ1n) is 7.40. The summed E-state index contributed by atoms with van der Waals surface area (Å²) in [5, 5.41) is 8.81. The Bertz CT molecular complexity index is 765. The minimum absolute atomic E-state index is 0.118. The molecule has 0 bridgehead atoms. The van der Waals surface area contributed by atoms with Gasteiger partial charge in [0.25, 0.3) is 5.56 Å². The van der Waals surface area contributed by atoms with Crippen molar-refractivity contribution in [3.8, 4) is 5.75 Å². The number of nitrogens with zero attached hydrogens (tertiary/aromatic N) is 1. The lowest BCUT2D eigenvalue weighted by atomic mass is 10.0. The zero-order valence-electron chi connectivity index (χ0n) is 13.4. The van der Waals surface area contributed by atoms with E-state index in [0.717, 1.165) is 11.3 Å². The monoisotopic (exact) mass is 316 g/mol. The van der Waals surface area contributed by atoms with Gasteiger partial charge in [0.2, 0.25) is 0 Å². The third-order valence-electron chi connectivity index (χ3n) is 3.50. The van der Waals surface area contributed by atoms with Gasteiger partial charge >= 0.3 is 5.97 Å². The molecule has 0 unspecified atom stereocenters. The first kappa shape index (κ1) is 16.7. The number of aromatic nitrogens is 2. The van der Waals surface area contributed by atoms with Crippen LogP contribution in [0.5, 0.6) is 5.75 Å². The van der Waals surface area contributed by atoms with Gasteiger partial charge in [0.15, 0.2) is 0 Å². The number of hydrogen-bond acceptors (Lipinski definition) is 4. The maximum absolute atomic E-state index is 12.0. The van der Waals surface area contributed by atoms with Gasteiger partial charge in [-0.25, -0.2) is 4.98 Å². The molecule has 0 spiro atoms. The number of carboxylic acids is 1. The number of carbonyl (C=O) groups is 1. The molecule has 6 nitrogen and oxygen atoms in total. The second-order valence-corrected chi connectivity index (χ2v) is 5.63. The third-order valence-corrected chi connectivity index (χ3v) is 3.50. The maximum Gasteiger partial charge on any atom is 0.308 e. The van der Waals surface area contributed by atoms with Gasteiger partial charge in [-0.2, -0.15) is 0 Å². The van der Waals surface area contributed by atoms with Gasteiger partial charge in [0, 0.05) is 11.3 Å². The van der Waals surface area contributed by atoms with E-state index >= 15 is 0 Å². The Morgan fingerprint density at radius 2 is 2.04 bits per heavy atom. The highest BCUT2D eigenvalue weighted by Crippen LogP contribution is 2.26. The molecular weight excluding hydrogens is 296 g/mol. The molecule has 2 rings (SSSR count). The fourth-order valence-electron chi connectivity index (χ4n) is 2.33. The van der Waals surface area contributed by atoms with Crippen LogP contribution in [-0.4, -0.2) is 21.0 Å². The van der Waals surface area contributed by atoms with Crippen molar-refractivity contribution in [3.63, 3.8) is 0 Å². The summed E-state index contributed by atoms with van der Waals surface area (Å²) in [6.45, 7) is 5.90. The molecule has 0 fully saturated rings. The van der Waals surface area contributed by atoms with Crippen molar-refractivity contribution in [1.82, 2.24) is 9.97 Å². The number of para-hydroxylation sites is 1. The fourth-order valence-corrected chi connectivity index (χ4v) is 2.33. The van der Waals surface area contributed by atoms with Crippen molar-refractivity contribution in [2.24, 2.45) is 0 Å². The second-order valence-electron chi connectivity index (χ2n) is 5.63. The van der Waals surface area contributed by atoms with Gasteiger partial charge in [0.05, 0.1) is 6.42 Å². The predicted octanol–water partition coefficient (Wildman–Crippen LogP) is 2.41. The summed E-state index contributed by atoms with van der Waals surface area (Å²) < 4.78 is 5.77. The molecule has 23 heavy (non-hydrogen) atoms. The Kier molecular flexibility index (Phi) is 5.16. The van der Waals surface area contributed by atoms with Crippen molar-refractivity contribution in [2.45, 2.75) is 39.7 Å². The van der Waals surface area contributed by atoms with Crippen molar-refractivity contribution < 1.29 is 14.6 Å². The Morgan fingerprint density at radius 3 is 2.65 bits per heavy atom. The molecule has 2 aromatic rings. The van der Waals surface area contributed by atoms with Crippen molar-refractivity contribution in [1.29, 1.82) is 0 Å². The molecule has 1 aromatic heterocycles. The minimum atomic E-state index is -1.06. The summed E-state index contributed by atoms with van der Waals surface area (Å²) in [5.41, 5.74) is 1.22. The molecular formula is C17H20N2O4. The van der Waals surface area contributed by atoms with Crippen LogP contribution in [0.25, 0.3) is 0 Å². The molecule has 0 amide bonds. The molecule has 0 aliphatic rings. The number of aromatic amines is 1. The van der Waals surface area contributed by atoms with Crippen molar-refractivity contribution in [2.75, 3.05) is 0 Å². The van der Waals surface area contributed by atoms with Gasteiger partial charge in [-0.15, -0.1) is 0 Å². The van der Waals surface area contributed by atoms with E-state index in [1.165, 1.54) is 0 Å². The molecule has 2 N–H and O–H groups in total. The van der Waals surface area contributed by atoms with Crippen molar-refractivity contribution >= 4 is 5.97 Å². The standard InChI is InChI=1S/C17H20N2O4/c1-10(2)12-6-4-5-7-14(12)23-9-15-18-11(3)13(8-16(20)21)17(22)19-15/h4-7,10H,8-9H2,1-3H3,(H,20,21)(H,18,19,22). The smallest absolute Gasteiger partial charge is 0.308 e. The van der Waals surface area contributed by atoms with Crippen LogP contribution in [0.4, 0.5) is 0 Å². The summed E-state index contributed by atoms with van der Waals surface area (Å²) in [5.74, 6) is 0.380. The summed E-state index contributed by atoms with van der Waals surface area (Å²) >= 11 is 0. The molecule has 0 saturated heterocycles. The highest BCUT2D eigenvalue weighted by molar-refractivity contribution is 5.70. The van der Waals surface area contributed by atoms with Crippen LogP contribution >= 0.6 is 0 Å². The van der Waals surface area contributed by atoms with E-state index in [4.69, 9.17) is 9.84 Å². The third kappa shape index (κ3) is 4.18. The SMILES string of the molecule is Cc1nc(COc2ccccc2C(C)C)[nH]c(=O)c1CC(=O)O. The number of aliphatic carboxylic acids is 1. The number of carboxylic acid groups (broad SMARTS) is 1. The zero-order chi connectivity index (χ0) is 17.0. The minimum Gasteiger partial charge on any atom is -0.485 e. The fraction of sp³-hybridized carbons (Fsp3) is 0.353. The summed E-state index contributed by atoms with van der Waals surface area (Å²) in [6.07, 6.45) is -0.342. The maximum atomic E-state index is 12.0. The van der Waals surface area contributed by atoms with Gasteiger partial charge in [0.1, 0.15) is 18.2 Å². The molecule has 0 saturated carbocycles. The van der Waals surface area contributed by atoms with Crippen LogP contribution < -0.4 is 10.3 Å². The number of aryl methyl sites for hydroxylation is 1. The molecule has 0 radical (unpaired) electrons. The number of ether oxygens (including phenoxy) is 1. The van der Waals surface area contributed by atoms with Gasteiger partial charge in [-0.1, -0.05) is 32.0 Å². The molecule has 0 aliphatic heterocycles. The second kappa shape index (κ2) is 7.09. The number of H-pyrrole nitrogens is 1. The van der Waals surface area contributed by atoms with E-state index in [1.54, 1.807) is 6.92 Å². The van der Waals surface area contributed by atoms with Crippen LogP contribution in [0.2, 0.25) is 0 Å². The van der Waals surface area contributed by atoms with Crippen LogP contribution in [0, 0.1) is 6.92 Å². The van der Waals surface area contributed by atoms with E-state index in [2.05, 4.69) is 23.8 Å². The molecule has 122 valence electrons. The van der Waals surface area contributed by atoms with E-state index < -0.39 is 11.5 Å². The van der Waals surface area contributed by atoms with Crippen molar-refractivity contribution in [3.05, 3.63) is 57.3 Å². The lowest BCUT2D eigenvalue weighted by Gasteiger charge is -2.14. The number of rotatable bonds is 6. The normalized spacial score (nSPS) is 10.8. The molecule has 0 aliphatic carbocycles. The molecule has 6 heteroatoms. The topological polar surface area (TPSA) is 92.3 Å². The summed E-state index contributed by atoms with van der Waals surface area (Å²) in [6, 6.07) is 7.71. The van der Waals surface area contributed by atoms with Crippen LogP contribution in [0.15, 0.2) is 29.1 Å². The Balaban J connectivity index is 2.19. The van der Waals surface area contributed by atoms with Crippen LogP contribution in [-0.2, 0) is 17.8 Å². The summed E-state index contributed by atoms with van der Waals surface area (Å²) in [7, 11) is 0. The van der Waals surface area contributed by atoms with Crippen LogP contribution in [0.1, 0.15) is 42.4 Å². The summed E-state index contributed by atoms with van der Waals surface area (Å²) in [4.78, 5) is 29.6. The van der Waals surface area contributed by atoms with E-state index in [9.17, 15) is 9.59 Å². The Hall–Kier alpha value is -2.63. The quantitative estimate of drug-likeness (QED) is 0.853. The number of nitrogens with one attached hydrogen (secondary N) is 1. The molecule has 0 atom stereocenters. The molecule has 1 heterocycles. The Morgan fingerprint density at radius 1 is 1.35 bits per heavy atom. The van der Waals surface area contributed by atoms with Gasteiger partial charge in [-0.05, 0) is 24.5 Å². The lowest BCUT2D eigenvalue weighted by Crippen LogP contribution is -2.22. The van der Waals surface area contributed by atoms with E-state index in [-0.39, 0.29) is 18.6 Å². The first-order valence-corrected chi connectivity index (χ1v) is 7.40. The first-order chi connectivity index (χ1) is 10.9. The lowest BCUT2D eigenvalue weighted by molar-refractivity contribution is -0.136. The van der Waals surface area contributed by atoms with Gasteiger partial charge in [-0.3, -0.25) is 9.59 Å². The number of hydrogen-bond donors (Lipinski definition) is 2. The highest BCUT2D eigenvalue weighted by Gasteiger charge is 2.13. The van der Waals surface area contributed by atoms with E-state index in [1.807, 2.05) is 24.3 Å². The van der Waals surface area contributed by atoms with Gasteiger partial charge < -0.3 is 14.8 Å². The average Bonchev–Trinajstić information content (AvgIpc) is 2.49. The highest BCUT2D eigenvalue weighted by atomic mass is 16.5.